The number of hydrogen-bond donors (Lipinski definition) is 3. The zero-order valence-corrected chi connectivity index (χ0v) is 16.8. The van der Waals surface area contributed by atoms with Crippen LogP contribution in [0.3, 0.4) is 0 Å². The van der Waals surface area contributed by atoms with Crippen LogP contribution in [0.5, 0.6) is 5.75 Å². The molecule has 3 rings (SSSR count). The van der Waals surface area contributed by atoms with Gasteiger partial charge >= 0.3 is 0 Å². The van der Waals surface area contributed by atoms with Crippen molar-refractivity contribution >= 4 is 21.6 Å². The molecule has 1 unspecified atom stereocenters. The van der Waals surface area contributed by atoms with Crippen LogP contribution in [0.4, 0.5) is 5.69 Å². The summed E-state index contributed by atoms with van der Waals surface area (Å²) in [5.74, 6) is 0.712. The third kappa shape index (κ3) is 5.09. The van der Waals surface area contributed by atoms with Gasteiger partial charge < -0.3 is 15.0 Å². The predicted molar refractivity (Wildman–Crippen MR) is 107 cm³/mol. The van der Waals surface area contributed by atoms with Crippen molar-refractivity contribution in [3.8, 4) is 5.75 Å². The number of nitrogens with one attached hydrogen (secondary N) is 2. The first-order valence-corrected chi connectivity index (χ1v) is 10.7. The maximum absolute atomic E-state index is 12.8. The highest BCUT2D eigenvalue weighted by atomic mass is 32.2. The van der Waals surface area contributed by atoms with Crippen molar-refractivity contribution in [1.29, 1.82) is 0 Å². The van der Waals surface area contributed by atoms with Crippen LogP contribution in [-0.4, -0.2) is 33.5 Å². The van der Waals surface area contributed by atoms with Gasteiger partial charge in [0, 0.05) is 24.1 Å². The quantitative estimate of drug-likeness (QED) is 0.609. The van der Waals surface area contributed by atoms with E-state index in [4.69, 9.17) is 9.88 Å². The van der Waals surface area contributed by atoms with E-state index in [0.29, 0.717) is 11.7 Å². The van der Waals surface area contributed by atoms with Gasteiger partial charge in [0.05, 0.1) is 18.0 Å². The van der Waals surface area contributed by atoms with Gasteiger partial charge in [0.15, 0.2) is 6.04 Å². The summed E-state index contributed by atoms with van der Waals surface area (Å²) in [6.45, 7) is 2.68. The van der Waals surface area contributed by atoms with Crippen molar-refractivity contribution in [3.63, 3.8) is 0 Å². The minimum absolute atomic E-state index is 0.0169. The Morgan fingerprint density at radius 2 is 1.79 bits per heavy atom. The molecule has 2 aromatic carbocycles. The molecule has 2 aromatic rings. The molecule has 7 nitrogen and oxygen atoms in total. The Morgan fingerprint density at radius 1 is 1.18 bits per heavy atom. The fourth-order valence-electron chi connectivity index (χ4n) is 3.23. The predicted octanol–water partition coefficient (Wildman–Crippen LogP) is 0.917. The molecular weight excluding hydrogens is 378 g/mol. The SMILES string of the molecule is COc1ccc(C[NH+](C2CC2)[C@@H](C)C(=O)Nc2ccc(S(N)(=O)=O)cc2)cc1. The molecule has 1 aliphatic rings. The number of hydrogen-bond acceptors (Lipinski definition) is 4. The lowest BCUT2D eigenvalue weighted by atomic mass is 10.1. The van der Waals surface area contributed by atoms with E-state index in [1.807, 2.05) is 31.2 Å². The standard InChI is InChI=1S/C20H25N3O4S/c1-14(20(24)22-16-5-11-19(12-6-16)28(21,25)26)23(17-7-8-17)13-15-3-9-18(27-2)10-4-15/h3-6,9-12,14,17H,7-8,13H2,1-2H3,(H,22,24)(H2,21,25,26)/p+1/t14-/m0/s1. The van der Waals surface area contributed by atoms with Gasteiger partial charge in [0.25, 0.3) is 5.91 Å². The minimum Gasteiger partial charge on any atom is -0.497 e. The van der Waals surface area contributed by atoms with E-state index in [1.165, 1.54) is 17.0 Å². The summed E-state index contributed by atoms with van der Waals surface area (Å²) in [6.07, 6.45) is 2.23. The topological polar surface area (TPSA) is 103 Å². The van der Waals surface area contributed by atoms with Gasteiger partial charge in [-0.15, -0.1) is 0 Å². The van der Waals surface area contributed by atoms with Crippen LogP contribution in [0.15, 0.2) is 53.4 Å². The first-order chi connectivity index (χ1) is 13.3. The summed E-state index contributed by atoms with van der Waals surface area (Å²) in [4.78, 5) is 14.0. The Labute approximate surface area is 165 Å². The lowest BCUT2D eigenvalue weighted by Crippen LogP contribution is -3.16. The average molecular weight is 405 g/mol. The Balaban J connectivity index is 1.67. The number of carbonyl (C=O) groups excluding carboxylic acids is 1. The number of ether oxygens (including phenoxy) is 1. The van der Waals surface area contributed by atoms with E-state index in [9.17, 15) is 13.2 Å². The maximum Gasteiger partial charge on any atom is 0.282 e. The summed E-state index contributed by atoms with van der Waals surface area (Å²) < 4.78 is 27.9. The van der Waals surface area contributed by atoms with Crippen molar-refractivity contribution in [1.82, 2.24) is 0 Å². The summed E-state index contributed by atoms with van der Waals surface area (Å²) in [5, 5.41) is 7.97. The van der Waals surface area contributed by atoms with Crippen LogP contribution in [0.2, 0.25) is 0 Å². The molecule has 8 heteroatoms. The van der Waals surface area contributed by atoms with Crippen molar-refractivity contribution < 1.29 is 22.8 Å². The molecule has 28 heavy (non-hydrogen) atoms. The van der Waals surface area contributed by atoms with Crippen molar-refractivity contribution in [2.75, 3.05) is 12.4 Å². The van der Waals surface area contributed by atoms with Crippen molar-refractivity contribution in [3.05, 3.63) is 54.1 Å². The van der Waals surface area contributed by atoms with Gasteiger partial charge in [0.2, 0.25) is 10.0 Å². The molecule has 0 heterocycles. The molecule has 0 aromatic heterocycles. The summed E-state index contributed by atoms with van der Waals surface area (Å²) >= 11 is 0. The first-order valence-electron chi connectivity index (χ1n) is 9.20. The second-order valence-corrected chi connectivity index (χ2v) is 8.72. The van der Waals surface area contributed by atoms with Crippen LogP contribution in [0.1, 0.15) is 25.3 Å². The number of amides is 1. The molecule has 1 fully saturated rings. The number of methoxy groups -OCH3 is 1. The van der Waals surface area contributed by atoms with E-state index in [1.54, 1.807) is 19.2 Å². The molecule has 2 atom stereocenters. The van der Waals surface area contributed by atoms with Gasteiger partial charge in [0.1, 0.15) is 12.3 Å². The molecule has 0 saturated heterocycles. The second-order valence-electron chi connectivity index (χ2n) is 7.15. The second kappa shape index (κ2) is 8.30. The number of benzene rings is 2. The third-order valence-electron chi connectivity index (χ3n) is 5.07. The lowest BCUT2D eigenvalue weighted by Gasteiger charge is -2.25. The average Bonchev–Trinajstić information content (AvgIpc) is 3.51. The Kier molecular flexibility index (Phi) is 6.02. The molecule has 1 aliphatic carbocycles. The summed E-state index contributed by atoms with van der Waals surface area (Å²) in [7, 11) is -2.11. The monoisotopic (exact) mass is 404 g/mol. The Hall–Kier alpha value is -2.42. The number of primary sulfonamides is 1. The Morgan fingerprint density at radius 3 is 2.29 bits per heavy atom. The minimum atomic E-state index is -3.75. The van der Waals surface area contributed by atoms with Gasteiger partial charge in [-0.05, 0) is 55.5 Å². The number of anilines is 1. The zero-order chi connectivity index (χ0) is 20.3. The molecular formula is C20H26N3O4S+. The zero-order valence-electron chi connectivity index (χ0n) is 16.0. The lowest BCUT2D eigenvalue weighted by molar-refractivity contribution is -0.938. The van der Waals surface area contributed by atoms with E-state index in [0.717, 1.165) is 30.7 Å². The molecule has 0 aliphatic heterocycles. The molecule has 0 radical (unpaired) electrons. The molecule has 1 amide bonds. The molecule has 1 saturated carbocycles. The van der Waals surface area contributed by atoms with Gasteiger partial charge in [-0.3, -0.25) is 4.79 Å². The molecule has 0 bridgehead atoms. The first kappa shape index (κ1) is 20.3. The van der Waals surface area contributed by atoms with E-state index in [-0.39, 0.29) is 16.8 Å². The molecule has 150 valence electrons. The van der Waals surface area contributed by atoms with E-state index < -0.39 is 10.0 Å². The molecule has 0 spiro atoms. The number of quaternary nitrogens is 1. The number of rotatable bonds is 8. The number of carbonyl (C=O) groups is 1. The third-order valence-corrected chi connectivity index (χ3v) is 6.00. The van der Waals surface area contributed by atoms with Crippen LogP contribution >= 0.6 is 0 Å². The van der Waals surface area contributed by atoms with Gasteiger partial charge in [-0.1, -0.05) is 0 Å². The maximum atomic E-state index is 12.8. The van der Waals surface area contributed by atoms with Crippen LogP contribution < -0.4 is 20.1 Å². The smallest absolute Gasteiger partial charge is 0.282 e. The van der Waals surface area contributed by atoms with Crippen molar-refractivity contribution in [2.45, 2.75) is 43.3 Å². The van der Waals surface area contributed by atoms with Crippen LogP contribution in [0.25, 0.3) is 0 Å². The highest BCUT2D eigenvalue weighted by Crippen LogP contribution is 2.18. The molecule has 4 N–H and O–H groups in total. The number of nitrogens with two attached hydrogens (primary N) is 1. The Bertz CT molecular complexity index is 923. The summed E-state index contributed by atoms with van der Waals surface area (Å²) in [6, 6.07) is 14.0. The highest BCUT2D eigenvalue weighted by Gasteiger charge is 2.39. The van der Waals surface area contributed by atoms with Gasteiger partial charge in [-0.2, -0.15) is 0 Å². The van der Waals surface area contributed by atoms with Crippen LogP contribution in [0, 0.1) is 0 Å². The largest absolute Gasteiger partial charge is 0.497 e. The summed E-state index contributed by atoms with van der Waals surface area (Å²) in [5.41, 5.74) is 1.70. The number of sulfonamides is 1. The van der Waals surface area contributed by atoms with E-state index in [2.05, 4.69) is 5.32 Å². The highest BCUT2D eigenvalue weighted by molar-refractivity contribution is 7.89. The fourth-order valence-corrected chi connectivity index (χ4v) is 3.75. The fraction of sp³-hybridized carbons (Fsp3) is 0.350. The van der Waals surface area contributed by atoms with Crippen LogP contribution in [-0.2, 0) is 21.4 Å². The van der Waals surface area contributed by atoms with E-state index >= 15 is 0 Å². The van der Waals surface area contributed by atoms with Crippen molar-refractivity contribution in [2.24, 2.45) is 5.14 Å². The normalized spacial score (nSPS) is 16.2. The van der Waals surface area contributed by atoms with Gasteiger partial charge in [-0.25, -0.2) is 13.6 Å².